The highest BCUT2D eigenvalue weighted by Crippen LogP contribution is 2.21. The number of hydrogen-bond acceptors (Lipinski definition) is 3. The second kappa shape index (κ2) is 7.26. The Morgan fingerprint density at radius 1 is 1.24 bits per heavy atom. The molecular formula is C17H17F2N3O2S. The monoisotopic (exact) mass is 365 g/mol. The van der Waals surface area contributed by atoms with Gasteiger partial charge < -0.3 is 9.47 Å². The van der Waals surface area contributed by atoms with Crippen molar-refractivity contribution in [2.24, 2.45) is 18.0 Å². The molecule has 1 saturated heterocycles. The number of halogens is 2. The third kappa shape index (κ3) is 3.84. The van der Waals surface area contributed by atoms with E-state index in [-0.39, 0.29) is 17.4 Å². The summed E-state index contributed by atoms with van der Waals surface area (Å²) in [6.45, 7) is 0.691. The molecule has 0 unspecified atom stereocenters. The molecule has 0 bridgehead atoms. The topological polar surface area (TPSA) is 54.7 Å². The summed E-state index contributed by atoms with van der Waals surface area (Å²) >= 11 is 1.39. The number of amides is 2. The maximum absolute atomic E-state index is 13.8. The summed E-state index contributed by atoms with van der Waals surface area (Å²) in [4.78, 5) is 30.9. The standard InChI is InChI=1S/C17H17F2N3O2S/c1-21-8-9-25-17(21)20-15(23)11-4-6-22(7-5-11)16(24)13-3-2-12(18)10-14(13)19/h2-3,8-11H,4-7H2,1H3. The molecule has 2 aromatic rings. The minimum atomic E-state index is -0.872. The van der Waals surface area contributed by atoms with E-state index in [1.54, 1.807) is 4.57 Å². The molecule has 0 spiro atoms. The molecule has 1 fully saturated rings. The van der Waals surface area contributed by atoms with Crippen LogP contribution in [0.2, 0.25) is 0 Å². The van der Waals surface area contributed by atoms with Crippen LogP contribution in [-0.2, 0) is 11.8 Å². The van der Waals surface area contributed by atoms with E-state index < -0.39 is 17.5 Å². The maximum atomic E-state index is 13.8. The van der Waals surface area contributed by atoms with Crippen molar-refractivity contribution < 1.29 is 18.4 Å². The average molecular weight is 365 g/mol. The van der Waals surface area contributed by atoms with Crippen LogP contribution in [-0.4, -0.2) is 34.4 Å². The molecule has 2 heterocycles. The molecule has 0 saturated carbocycles. The van der Waals surface area contributed by atoms with Gasteiger partial charge in [0.05, 0.1) is 5.56 Å². The smallest absolute Gasteiger partial charge is 0.256 e. The number of benzene rings is 1. The van der Waals surface area contributed by atoms with Crippen LogP contribution < -0.4 is 4.80 Å². The lowest BCUT2D eigenvalue weighted by atomic mass is 9.95. The molecule has 0 atom stereocenters. The number of carbonyl (C=O) groups excluding carboxylic acids is 2. The van der Waals surface area contributed by atoms with Gasteiger partial charge in [-0.1, -0.05) is 0 Å². The summed E-state index contributed by atoms with van der Waals surface area (Å²) in [6.07, 6.45) is 2.78. The average Bonchev–Trinajstić information content (AvgIpc) is 2.99. The van der Waals surface area contributed by atoms with Crippen LogP contribution in [0.5, 0.6) is 0 Å². The first kappa shape index (κ1) is 17.5. The van der Waals surface area contributed by atoms with Crippen molar-refractivity contribution in [2.45, 2.75) is 12.8 Å². The predicted molar refractivity (Wildman–Crippen MR) is 88.8 cm³/mol. The molecule has 2 amide bonds. The summed E-state index contributed by atoms with van der Waals surface area (Å²) < 4.78 is 28.5. The van der Waals surface area contributed by atoms with Crippen molar-refractivity contribution in [2.75, 3.05) is 13.1 Å². The molecule has 3 rings (SSSR count). The van der Waals surface area contributed by atoms with E-state index in [9.17, 15) is 18.4 Å². The normalized spacial score (nSPS) is 16.3. The fourth-order valence-electron chi connectivity index (χ4n) is 2.78. The summed E-state index contributed by atoms with van der Waals surface area (Å²) in [5.41, 5.74) is -0.151. The second-order valence-electron chi connectivity index (χ2n) is 5.94. The first-order valence-electron chi connectivity index (χ1n) is 7.88. The van der Waals surface area contributed by atoms with Gasteiger partial charge in [0.1, 0.15) is 11.6 Å². The van der Waals surface area contributed by atoms with E-state index in [4.69, 9.17) is 0 Å². The molecule has 0 N–H and O–H groups in total. The molecule has 0 aliphatic carbocycles. The van der Waals surface area contributed by atoms with Gasteiger partial charge in [-0.3, -0.25) is 9.59 Å². The molecule has 25 heavy (non-hydrogen) atoms. The second-order valence-corrected chi connectivity index (χ2v) is 6.81. The zero-order chi connectivity index (χ0) is 18.0. The number of likely N-dealkylation sites (tertiary alicyclic amines) is 1. The SMILES string of the molecule is Cn1ccsc1=NC(=O)C1CCN(C(=O)c2ccc(F)cc2F)CC1. The summed E-state index contributed by atoms with van der Waals surface area (Å²) in [5, 5.41) is 1.85. The van der Waals surface area contributed by atoms with Crippen LogP contribution in [0.15, 0.2) is 34.8 Å². The van der Waals surface area contributed by atoms with Crippen molar-refractivity contribution >= 4 is 23.2 Å². The van der Waals surface area contributed by atoms with Crippen molar-refractivity contribution in [3.63, 3.8) is 0 Å². The van der Waals surface area contributed by atoms with E-state index in [1.807, 2.05) is 18.6 Å². The maximum Gasteiger partial charge on any atom is 0.256 e. The number of aryl methyl sites for hydroxylation is 1. The quantitative estimate of drug-likeness (QED) is 0.820. The van der Waals surface area contributed by atoms with E-state index in [2.05, 4.69) is 4.99 Å². The zero-order valence-electron chi connectivity index (χ0n) is 13.6. The van der Waals surface area contributed by atoms with E-state index in [0.29, 0.717) is 36.8 Å². The van der Waals surface area contributed by atoms with Gasteiger partial charge in [-0.25, -0.2) is 8.78 Å². The molecule has 1 aromatic heterocycles. The Morgan fingerprint density at radius 2 is 1.96 bits per heavy atom. The molecule has 0 radical (unpaired) electrons. The third-order valence-corrected chi connectivity index (χ3v) is 5.11. The lowest BCUT2D eigenvalue weighted by Gasteiger charge is -2.30. The Balaban J connectivity index is 1.64. The van der Waals surface area contributed by atoms with Crippen LogP contribution in [0, 0.1) is 17.6 Å². The van der Waals surface area contributed by atoms with Crippen molar-refractivity contribution in [3.8, 4) is 0 Å². The number of thiazole rings is 1. The fraction of sp³-hybridized carbons (Fsp3) is 0.353. The van der Waals surface area contributed by atoms with Gasteiger partial charge in [0.15, 0.2) is 4.80 Å². The Labute approximate surface area is 147 Å². The molecule has 1 aliphatic rings. The summed E-state index contributed by atoms with van der Waals surface area (Å²) in [6, 6.07) is 2.91. The molecule has 8 heteroatoms. The lowest BCUT2D eigenvalue weighted by Crippen LogP contribution is -2.40. The van der Waals surface area contributed by atoms with Crippen molar-refractivity contribution in [1.82, 2.24) is 9.47 Å². The van der Waals surface area contributed by atoms with Gasteiger partial charge in [0.2, 0.25) is 0 Å². The highest BCUT2D eigenvalue weighted by atomic mass is 32.1. The van der Waals surface area contributed by atoms with Gasteiger partial charge in [-0.15, -0.1) is 11.3 Å². The van der Waals surface area contributed by atoms with E-state index >= 15 is 0 Å². The minimum Gasteiger partial charge on any atom is -0.339 e. The highest BCUT2D eigenvalue weighted by Gasteiger charge is 2.28. The van der Waals surface area contributed by atoms with Gasteiger partial charge in [-0.05, 0) is 25.0 Å². The fourth-order valence-corrected chi connectivity index (χ4v) is 3.52. The van der Waals surface area contributed by atoms with Gasteiger partial charge in [0.25, 0.3) is 11.8 Å². The molecule has 132 valence electrons. The third-order valence-electron chi connectivity index (χ3n) is 4.26. The van der Waals surface area contributed by atoms with Crippen LogP contribution >= 0.6 is 11.3 Å². The molecule has 1 aromatic carbocycles. The lowest BCUT2D eigenvalue weighted by molar-refractivity contribution is -0.123. The Bertz CT molecular complexity index is 867. The number of piperidine rings is 1. The predicted octanol–water partition coefficient (Wildman–Crippen LogP) is 2.34. The Hall–Kier alpha value is -2.35. The van der Waals surface area contributed by atoms with Gasteiger partial charge in [0, 0.05) is 43.7 Å². The number of rotatable bonds is 2. The summed E-state index contributed by atoms with van der Waals surface area (Å²) in [7, 11) is 1.82. The van der Waals surface area contributed by atoms with Crippen LogP contribution in [0.1, 0.15) is 23.2 Å². The summed E-state index contributed by atoms with van der Waals surface area (Å²) in [5.74, 6) is -2.52. The van der Waals surface area contributed by atoms with Gasteiger partial charge >= 0.3 is 0 Å². The largest absolute Gasteiger partial charge is 0.339 e. The number of hydrogen-bond donors (Lipinski definition) is 0. The highest BCUT2D eigenvalue weighted by molar-refractivity contribution is 7.07. The molecule has 1 aliphatic heterocycles. The van der Waals surface area contributed by atoms with Crippen LogP contribution in [0.3, 0.4) is 0 Å². The molecular weight excluding hydrogens is 348 g/mol. The first-order chi connectivity index (χ1) is 12.0. The number of aromatic nitrogens is 1. The zero-order valence-corrected chi connectivity index (χ0v) is 14.4. The number of carbonyl (C=O) groups is 2. The van der Waals surface area contributed by atoms with Gasteiger partial charge in [-0.2, -0.15) is 4.99 Å². The van der Waals surface area contributed by atoms with Crippen LogP contribution in [0.4, 0.5) is 8.78 Å². The van der Waals surface area contributed by atoms with Crippen LogP contribution in [0.25, 0.3) is 0 Å². The van der Waals surface area contributed by atoms with Crippen molar-refractivity contribution in [3.05, 3.63) is 51.8 Å². The number of nitrogens with zero attached hydrogens (tertiary/aromatic N) is 3. The Kier molecular flexibility index (Phi) is 5.08. The minimum absolute atomic E-state index is 0.151. The molecule has 5 nitrogen and oxygen atoms in total. The van der Waals surface area contributed by atoms with Crippen molar-refractivity contribution in [1.29, 1.82) is 0 Å². The van der Waals surface area contributed by atoms with E-state index in [1.165, 1.54) is 16.2 Å². The van der Waals surface area contributed by atoms with E-state index in [0.717, 1.165) is 12.1 Å². The Morgan fingerprint density at radius 3 is 2.56 bits per heavy atom. The first-order valence-corrected chi connectivity index (χ1v) is 8.76.